The van der Waals surface area contributed by atoms with Crippen LogP contribution in [0.15, 0.2) is 65.6 Å². The third-order valence-electron chi connectivity index (χ3n) is 6.62. The minimum Gasteiger partial charge on any atom is -0.350 e. The van der Waals surface area contributed by atoms with Crippen LogP contribution in [0.3, 0.4) is 0 Å². The Morgan fingerprint density at radius 3 is 2.00 bits per heavy atom. The predicted molar refractivity (Wildman–Crippen MR) is 171 cm³/mol. The third kappa shape index (κ3) is 8.49. The number of benzene rings is 3. The van der Waals surface area contributed by atoms with E-state index >= 15 is 0 Å². The molecular formula is C32H39Cl2N3O4S. The van der Waals surface area contributed by atoms with E-state index in [2.05, 4.69) is 5.32 Å². The first-order valence-electron chi connectivity index (χ1n) is 13.7. The molecule has 0 spiro atoms. The van der Waals surface area contributed by atoms with Gasteiger partial charge in [0, 0.05) is 22.1 Å². The zero-order valence-corrected chi connectivity index (χ0v) is 27.5. The topological polar surface area (TPSA) is 86.8 Å². The van der Waals surface area contributed by atoms with E-state index in [1.807, 2.05) is 47.6 Å². The molecule has 1 atom stereocenters. The van der Waals surface area contributed by atoms with Gasteiger partial charge >= 0.3 is 0 Å². The summed E-state index contributed by atoms with van der Waals surface area (Å²) in [6.07, 6.45) is 0.299. The molecule has 1 unspecified atom stereocenters. The number of hydrogen-bond acceptors (Lipinski definition) is 4. The number of carbonyl (C=O) groups is 2. The van der Waals surface area contributed by atoms with Gasteiger partial charge in [0.2, 0.25) is 11.8 Å². The molecule has 3 aromatic rings. The third-order valence-corrected chi connectivity index (χ3v) is 9.00. The van der Waals surface area contributed by atoms with Crippen molar-refractivity contribution >= 4 is 50.7 Å². The Labute approximate surface area is 259 Å². The van der Waals surface area contributed by atoms with Crippen molar-refractivity contribution in [1.29, 1.82) is 0 Å². The Balaban J connectivity index is 2.13. The standard InChI is InChI=1S/C32H39Cl2N3O4S/c1-8-29(31(39)35-32(5,6)7)36(19-24-11-12-25(33)18-28(24)34)30(38)20-37(26-16-22(3)15-23(4)17-26)42(40,41)27-13-9-21(2)10-14-27/h9-18,29H,8,19-20H2,1-7H3,(H,35,39). The molecule has 3 rings (SSSR count). The van der Waals surface area contributed by atoms with Gasteiger partial charge in [-0.1, -0.05) is 60.0 Å². The number of sulfonamides is 1. The molecule has 0 saturated carbocycles. The van der Waals surface area contributed by atoms with Crippen molar-refractivity contribution in [3.63, 3.8) is 0 Å². The Kier molecular flexibility index (Phi) is 10.7. The predicted octanol–water partition coefficient (Wildman–Crippen LogP) is 6.84. The van der Waals surface area contributed by atoms with Gasteiger partial charge in [0.05, 0.1) is 10.6 Å². The van der Waals surface area contributed by atoms with Gasteiger partial charge in [0.25, 0.3) is 10.0 Å². The normalized spacial score (nSPS) is 12.5. The summed E-state index contributed by atoms with van der Waals surface area (Å²) < 4.78 is 29.3. The van der Waals surface area contributed by atoms with Gasteiger partial charge in [-0.25, -0.2) is 8.42 Å². The lowest BCUT2D eigenvalue weighted by atomic mass is 10.1. The molecule has 0 heterocycles. The Hall–Kier alpha value is -3.07. The molecule has 0 aliphatic heterocycles. The lowest BCUT2D eigenvalue weighted by molar-refractivity contribution is -0.141. The summed E-state index contributed by atoms with van der Waals surface area (Å²) in [5, 5.41) is 3.73. The van der Waals surface area contributed by atoms with E-state index in [9.17, 15) is 18.0 Å². The maximum absolute atomic E-state index is 14.3. The highest BCUT2D eigenvalue weighted by molar-refractivity contribution is 7.92. The van der Waals surface area contributed by atoms with Crippen molar-refractivity contribution in [2.24, 2.45) is 0 Å². The molecule has 2 amide bonds. The smallest absolute Gasteiger partial charge is 0.264 e. The molecule has 226 valence electrons. The minimum absolute atomic E-state index is 0.0177. The molecule has 42 heavy (non-hydrogen) atoms. The summed E-state index contributed by atoms with van der Waals surface area (Å²) in [6, 6.07) is 15.9. The lowest BCUT2D eigenvalue weighted by Gasteiger charge is -2.35. The number of nitrogens with zero attached hydrogens (tertiary/aromatic N) is 2. The number of rotatable bonds is 10. The molecule has 0 aliphatic carbocycles. The molecule has 0 saturated heterocycles. The summed E-state index contributed by atoms with van der Waals surface area (Å²) in [4.78, 5) is 29.2. The van der Waals surface area contributed by atoms with Gasteiger partial charge in [-0.05, 0) is 101 Å². The summed E-state index contributed by atoms with van der Waals surface area (Å²) in [5.74, 6) is -0.894. The quantitative estimate of drug-likeness (QED) is 0.265. The van der Waals surface area contributed by atoms with Crippen LogP contribution < -0.4 is 9.62 Å². The Morgan fingerprint density at radius 1 is 0.881 bits per heavy atom. The van der Waals surface area contributed by atoms with E-state index in [0.717, 1.165) is 21.0 Å². The van der Waals surface area contributed by atoms with E-state index < -0.39 is 34.1 Å². The van der Waals surface area contributed by atoms with E-state index in [0.29, 0.717) is 27.7 Å². The van der Waals surface area contributed by atoms with Crippen molar-refractivity contribution in [3.8, 4) is 0 Å². The zero-order chi connectivity index (χ0) is 31.4. The molecule has 1 N–H and O–H groups in total. The van der Waals surface area contributed by atoms with Gasteiger partial charge in [0.15, 0.2) is 0 Å². The van der Waals surface area contributed by atoms with Crippen molar-refractivity contribution in [2.45, 2.75) is 77.9 Å². The fraction of sp³-hybridized carbons (Fsp3) is 0.375. The van der Waals surface area contributed by atoms with Crippen LogP contribution in [0.2, 0.25) is 10.0 Å². The maximum Gasteiger partial charge on any atom is 0.264 e. The van der Waals surface area contributed by atoms with Crippen molar-refractivity contribution in [1.82, 2.24) is 10.2 Å². The molecule has 0 aliphatic rings. The highest BCUT2D eigenvalue weighted by Gasteiger charge is 2.35. The highest BCUT2D eigenvalue weighted by Crippen LogP contribution is 2.28. The molecule has 0 radical (unpaired) electrons. The zero-order valence-electron chi connectivity index (χ0n) is 25.2. The van der Waals surface area contributed by atoms with Gasteiger partial charge < -0.3 is 10.2 Å². The second-order valence-corrected chi connectivity index (χ2v) is 14.3. The molecule has 0 fully saturated rings. The average molecular weight is 633 g/mol. The van der Waals surface area contributed by atoms with E-state index in [1.54, 1.807) is 49.4 Å². The summed E-state index contributed by atoms with van der Waals surface area (Å²) in [7, 11) is -4.16. The van der Waals surface area contributed by atoms with Crippen LogP contribution in [0, 0.1) is 20.8 Å². The number of amides is 2. The summed E-state index contributed by atoms with van der Waals surface area (Å²) in [6.45, 7) is 12.4. The number of hydrogen-bond donors (Lipinski definition) is 1. The van der Waals surface area contributed by atoms with Crippen LogP contribution in [0.1, 0.15) is 56.4 Å². The van der Waals surface area contributed by atoms with Crippen LogP contribution in [0.25, 0.3) is 0 Å². The van der Waals surface area contributed by atoms with Crippen LogP contribution in [0.5, 0.6) is 0 Å². The van der Waals surface area contributed by atoms with E-state index in [1.165, 1.54) is 17.0 Å². The molecule has 10 heteroatoms. The summed E-state index contributed by atoms with van der Waals surface area (Å²) >= 11 is 12.6. The number of anilines is 1. The fourth-order valence-electron chi connectivity index (χ4n) is 4.67. The number of nitrogens with one attached hydrogen (secondary N) is 1. The van der Waals surface area contributed by atoms with Crippen molar-refractivity contribution < 1.29 is 18.0 Å². The molecule has 7 nitrogen and oxygen atoms in total. The number of aryl methyl sites for hydroxylation is 3. The van der Waals surface area contributed by atoms with Gasteiger partial charge in [-0.15, -0.1) is 0 Å². The minimum atomic E-state index is -4.16. The average Bonchev–Trinajstić information content (AvgIpc) is 2.86. The largest absolute Gasteiger partial charge is 0.350 e. The fourth-order valence-corrected chi connectivity index (χ4v) is 6.53. The molecule has 0 bridgehead atoms. The van der Waals surface area contributed by atoms with Gasteiger partial charge in [-0.3, -0.25) is 13.9 Å². The second-order valence-electron chi connectivity index (χ2n) is 11.6. The monoisotopic (exact) mass is 631 g/mol. The lowest BCUT2D eigenvalue weighted by Crippen LogP contribution is -2.55. The first kappa shape index (κ1) is 33.4. The van der Waals surface area contributed by atoms with Gasteiger partial charge in [0.1, 0.15) is 12.6 Å². The second kappa shape index (κ2) is 13.5. The Bertz CT molecular complexity index is 1530. The Morgan fingerprint density at radius 2 is 1.48 bits per heavy atom. The van der Waals surface area contributed by atoms with Crippen molar-refractivity contribution in [2.75, 3.05) is 10.8 Å². The maximum atomic E-state index is 14.3. The van der Waals surface area contributed by atoms with Crippen LogP contribution in [-0.4, -0.2) is 43.3 Å². The number of carbonyl (C=O) groups excluding carboxylic acids is 2. The van der Waals surface area contributed by atoms with E-state index in [4.69, 9.17) is 23.2 Å². The first-order chi connectivity index (χ1) is 19.5. The van der Waals surface area contributed by atoms with Gasteiger partial charge in [-0.2, -0.15) is 0 Å². The first-order valence-corrected chi connectivity index (χ1v) is 15.9. The van der Waals surface area contributed by atoms with Crippen LogP contribution >= 0.6 is 23.2 Å². The van der Waals surface area contributed by atoms with Crippen LogP contribution in [-0.2, 0) is 26.2 Å². The highest BCUT2D eigenvalue weighted by atomic mass is 35.5. The summed E-state index contributed by atoms with van der Waals surface area (Å²) in [5.41, 5.74) is 3.00. The van der Waals surface area contributed by atoms with E-state index in [-0.39, 0.29) is 17.3 Å². The molecule has 0 aromatic heterocycles. The number of halogens is 2. The van der Waals surface area contributed by atoms with Crippen molar-refractivity contribution in [3.05, 3.63) is 93.0 Å². The SMILES string of the molecule is CCC(C(=O)NC(C)(C)C)N(Cc1ccc(Cl)cc1Cl)C(=O)CN(c1cc(C)cc(C)c1)S(=O)(=O)c1ccc(C)cc1. The molecular weight excluding hydrogens is 593 g/mol. The molecule has 3 aromatic carbocycles. The van der Waals surface area contributed by atoms with Crippen LogP contribution in [0.4, 0.5) is 5.69 Å².